The summed E-state index contributed by atoms with van der Waals surface area (Å²) in [6.45, 7) is 4.78. The van der Waals surface area contributed by atoms with Crippen LogP contribution in [-0.2, 0) is 11.3 Å². The van der Waals surface area contributed by atoms with Gasteiger partial charge in [0, 0.05) is 38.3 Å². The van der Waals surface area contributed by atoms with E-state index in [2.05, 4.69) is 10.00 Å². The quantitative estimate of drug-likeness (QED) is 0.821. The number of nitrogens with zero attached hydrogens (tertiary/aromatic N) is 4. The lowest BCUT2D eigenvalue weighted by Gasteiger charge is -2.35. The highest BCUT2D eigenvalue weighted by molar-refractivity contribution is 5.76. The molecule has 134 valence electrons. The molecule has 1 amide bonds. The Labute approximate surface area is 145 Å². The molecule has 2 aromatic rings. The highest BCUT2D eigenvalue weighted by atomic mass is 16.4. The largest absolute Gasteiger partial charge is 0.437 e. The van der Waals surface area contributed by atoms with Crippen LogP contribution >= 0.6 is 0 Å². The number of aliphatic hydroxyl groups excluding tert-OH is 1. The van der Waals surface area contributed by atoms with Crippen LogP contribution in [0.4, 0.5) is 0 Å². The van der Waals surface area contributed by atoms with E-state index in [1.807, 2.05) is 18.2 Å². The van der Waals surface area contributed by atoms with E-state index < -0.39 is 5.76 Å². The summed E-state index contributed by atoms with van der Waals surface area (Å²) in [5.41, 5.74) is 0.692. The van der Waals surface area contributed by atoms with Crippen molar-refractivity contribution < 1.29 is 14.3 Å². The second-order valence-corrected chi connectivity index (χ2v) is 6.23. The summed E-state index contributed by atoms with van der Waals surface area (Å²) in [4.78, 5) is 28.2. The minimum Gasteiger partial charge on any atom is -0.392 e. The van der Waals surface area contributed by atoms with Crippen molar-refractivity contribution in [1.29, 1.82) is 0 Å². The van der Waals surface area contributed by atoms with Gasteiger partial charge >= 0.3 is 5.76 Å². The molecule has 1 aromatic carbocycles. The van der Waals surface area contributed by atoms with Crippen LogP contribution in [0.25, 0.3) is 11.5 Å². The molecule has 2 heterocycles. The maximum atomic E-state index is 12.4. The molecule has 1 N–H and O–H groups in total. The highest BCUT2D eigenvalue weighted by Crippen LogP contribution is 2.14. The van der Waals surface area contributed by atoms with E-state index in [0.29, 0.717) is 38.3 Å². The van der Waals surface area contributed by atoms with Crippen molar-refractivity contribution in [2.45, 2.75) is 19.6 Å². The Morgan fingerprint density at radius 3 is 2.56 bits per heavy atom. The highest BCUT2D eigenvalue weighted by Gasteiger charge is 2.23. The van der Waals surface area contributed by atoms with E-state index in [0.717, 1.165) is 4.68 Å². The number of β-amino-alcohol motifs (C(OH)–C–C–N with tert-alkyl or cyclic N) is 1. The Morgan fingerprint density at radius 1 is 1.24 bits per heavy atom. The first-order chi connectivity index (χ1) is 12.0. The van der Waals surface area contributed by atoms with Gasteiger partial charge in [0.1, 0.15) is 6.54 Å². The SMILES string of the molecule is C[C@@H](O)CN1CCN(C(=O)Cn2nc(-c3ccccc3)oc2=O)CC1. The lowest BCUT2D eigenvalue weighted by atomic mass is 10.2. The maximum absolute atomic E-state index is 12.4. The average Bonchev–Trinajstić information content (AvgIpc) is 2.96. The van der Waals surface area contributed by atoms with Crippen molar-refractivity contribution in [1.82, 2.24) is 19.6 Å². The predicted octanol–water partition coefficient (Wildman–Crippen LogP) is 0.0283. The molecule has 1 aliphatic heterocycles. The van der Waals surface area contributed by atoms with Crippen LogP contribution in [0.2, 0.25) is 0 Å². The molecular weight excluding hydrogens is 324 g/mol. The zero-order valence-corrected chi connectivity index (χ0v) is 14.2. The number of piperazine rings is 1. The van der Waals surface area contributed by atoms with Crippen LogP contribution in [0, 0.1) is 0 Å². The van der Waals surface area contributed by atoms with E-state index in [4.69, 9.17) is 4.42 Å². The fourth-order valence-electron chi connectivity index (χ4n) is 2.89. The molecule has 0 radical (unpaired) electrons. The molecular formula is C17H22N4O4. The number of aliphatic hydroxyl groups is 1. The van der Waals surface area contributed by atoms with E-state index >= 15 is 0 Å². The van der Waals surface area contributed by atoms with E-state index in [-0.39, 0.29) is 24.4 Å². The molecule has 25 heavy (non-hydrogen) atoms. The van der Waals surface area contributed by atoms with Crippen molar-refractivity contribution in [3.05, 3.63) is 40.9 Å². The number of carbonyl (C=O) groups excluding carboxylic acids is 1. The Hall–Kier alpha value is -2.45. The Morgan fingerprint density at radius 2 is 1.92 bits per heavy atom. The lowest BCUT2D eigenvalue weighted by Crippen LogP contribution is -2.51. The Kier molecular flexibility index (Phi) is 5.30. The molecule has 0 unspecified atom stereocenters. The van der Waals surface area contributed by atoms with E-state index in [9.17, 15) is 14.7 Å². The van der Waals surface area contributed by atoms with Gasteiger partial charge in [-0.3, -0.25) is 9.69 Å². The summed E-state index contributed by atoms with van der Waals surface area (Å²) in [5, 5.41) is 13.5. The molecule has 0 bridgehead atoms. The minimum absolute atomic E-state index is 0.133. The Bertz CT molecular complexity index is 760. The standard InChI is InChI=1S/C17H22N4O4/c1-13(22)11-19-7-9-20(10-8-19)15(23)12-21-17(24)25-16(18-21)14-5-3-2-4-6-14/h2-6,13,22H,7-12H2,1H3/t13-/m1/s1. The van der Waals surface area contributed by atoms with E-state index in [1.54, 1.807) is 24.0 Å². The number of rotatable bonds is 5. The summed E-state index contributed by atoms with van der Waals surface area (Å²) < 4.78 is 6.20. The zero-order chi connectivity index (χ0) is 17.8. The van der Waals surface area contributed by atoms with Crippen molar-refractivity contribution in [3.8, 4) is 11.5 Å². The molecule has 0 spiro atoms. The van der Waals surface area contributed by atoms with Gasteiger partial charge in [-0.05, 0) is 19.1 Å². The summed E-state index contributed by atoms with van der Waals surface area (Å²) in [7, 11) is 0. The van der Waals surface area contributed by atoms with Crippen LogP contribution in [0.5, 0.6) is 0 Å². The van der Waals surface area contributed by atoms with Crippen molar-refractivity contribution in [2.24, 2.45) is 0 Å². The normalized spacial score (nSPS) is 16.8. The molecule has 8 heteroatoms. The zero-order valence-electron chi connectivity index (χ0n) is 14.2. The molecule has 1 aliphatic rings. The average molecular weight is 346 g/mol. The minimum atomic E-state index is -0.639. The van der Waals surface area contributed by atoms with Gasteiger partial charge in [-0.1, -0.05) is 18.2 Å². The first-order valence-electron chi connectivity index (χ1n) is 8.34. The number of hydrogen-bond donors (Lipinski definition) is 1. The third-order valence-electron chi connectivity index (χ3n) is 4.16. The number of amides is 1. The monoisotopic (exact) mass is 346 g/mol. The van der Waals surface area contributed by atoms with Crippen LogP contribution in [0.1, 0.15) is 6.92 Å². The van der Waals surface area contributed by atoms with Gasteiger partial charge in [0.2, 0.25) is 11.8 Å². The topological polar surface area (TPSA) is 91.8 Å². The number of aromatic nitrogens is 2. The molecule has 1 fully saturated rings. The third-order valence-corrected chi connectivity index (χ3v) is 4.16. The van der Waals surface area contributed by atoms with Crippen LogP contribution in [-0.4, -0.2) is 69.4 Å². The van der Waals surface area contributed by atoms with Crippen LogP contribution in [0.15, 0.2) is 39.5 Å². The third kappa shape index (κ3) is 4.34. The van der Waals surface area contributed by atoms with Crippen LogP contribution < -0.4 is 5.76 Å². The predicted molar refractivity (Wildman–Crippen MR) is 90.9 cm³/mol. The van der Waals surface area contributed by atoms with Gasteiger partial charge in [0.15, 0.2) is 0 Å². The molecule has 1 aromatic heterocycles. The molecule has 0 saturated carbocycles. The van der Waals surface area contributed by atoms with Crippen molar-refractivity contribution >= 4 is 5.91 Å². The van der Waals surface area contributed by atoms with Gasteiger partial charge in [-0.25, -0.2) is 4.79 Å². The second kappa shape index (κ2) is 7.62. The van der Waals surface area contributed by atoms with Gasteiger partial charge in [0.25, 0.3) is 0 Å². The van der Waals surface area contributed by atoms with Gasteiger partial charge in [-0.2, -0.15) is 4.68 Å². The van der Waals surface area contributed by atoms with E-state index in [1.165, 1.54) is 0 Å². The number of benzene rings is 1. The van der Waals surface area contributed by atoms with Crippen molar-refractivity contribution in [2.75, 3.05) is 32.7 Å². The first-order valence-corrected chi connectivity index (χ1v) is 8.34. The van der Waals surface area contributed by atoms with Gasteiger partial charge in [-0.15, -0.1) is 5.10 Å². The fraction of sp³-hybridized carbons (Fsp3) is 0.471. The van der Waals surface area contributed by atoms with Crippen LogP contribution in [0.3, 0.4) is 0 Å². The summed E-state index contributed by atoms with van der Waals surface area (Å²) in [6, 6.07) is 9.09. The first kappa shape index (κ1) is 17.4. The molecule has 0 aliphatic carbocycles. The Balaban J connectivity index is 1.61. The summed E-state index contributed by atoms with van der Waals surface area (Å²) in [5.74, 6) is -0.591. The molecule has 1 atom stereocenters. The smallest absolute Gasteiger partial charge is 0.392 e. The summed E-state index contributed by atoms with van der Waals surface area (Å²) in [6.07, 6.45) is -0.382. The number of hydrogen-bond acceptors (Lipinski definition) is 6. The fourth-order valence-corrected chi connectivity index (χ4v) is 2.89. The molecule has 8 nitrogen and oxygen atoms in total. The molecule has 3 rings (SSSR count). The maximum Gasteiger partial charge on any atom is 0.437 e. The van der Waals surface area contributed by atoms with Gasteiger partial charge < -0.3 is 14.4 Å². The number of carbonyl (C=O) groups is 1. The second-order valence-electron chi connectivity index (χ2n) is 6.23. The molecule has 1 saturated heterocycles. The summed E-state index contributed by atoms with van der Waals surface area (Å²) >= 11 is 0. The lowest BCUT2D eigenvalue weighted by molar-refractivity contribution is -0.134. The van der Waals surface area contributed by atoms with Gasteiger partial charge in [0.05, 0.1) is 6.10 Å². The van der Waals surface area contributed by atoms with Crippen molar-refractivity contribution in [3.63, 3.8) is 0 Å².